The van der Waals surface area contributed by atoms with Crippen molar-refractivity contribution in [2.45, 2.75) is 13.0 Å². The van der Waals surface area contributed by atoms with Crippen molar-refractivity contribution in [3.63, 3.8) is 0 Å². The van der Waals surface area contributed by atoms with Crippen LogP contribution in [0.2, 0.25) is 0 Å². The van der Waals surface area contributed by atoms with Crippen LogP contribution in [0.5, 0.6) is 5.88 Å². The van der Waals surface area contributed by atoms with Gasteiger partial charge in [-0.2, -0.15) is 4.37 Å². The Bertz CT molecular complexity index is 1250. The van der Waals surface area contributed by atoms with Gasteiger partial charge in [0.2, 0.25) is 5.88 Å². The quantitative estimate of drug-likeness (QED) is 0.371. The zero-order valence-electron chi connectivity index (χ0n) is 19.7. The Labute approximate surface area is 210 Å². The Morgan fingerprint density at radius 3 is 2.69 bits per heavy atom. The van der Waals surface area contributed by atoms with Crippen molar-refractivity contribution in [3.8, 4) is 5.88 Å². The second kappa shape index (κ2) is 11.6. The number of urea groups is 1. The van der Waals surface area contributed by atoms with E-state index in [-0.39, 0.29) is 27.4 Å². The molecule has 9 nitrogen and oxygen atoms in total. The van der Waals surface area contributed by atoms with Crippen LogP contribution in [0, 0.1) is 11.6 Å². The number of hydrogen-bond donors (Lipinski definition) is 3. The molecule has 2 heterocycles. The van der Waals surface area contributed by atoms with Crippen LogP contribution in [-0.4, -0.2) is 77.6 Å². The largest absolute Gasteiger partial charge is 0.477 e. The van der Waals surface area contributed by atoms with E-state index in [1.54, 1.807) is 18.2 Å². The molecule has 36 heavy (non-hydrogen) atoms. The third kappa shape index (κ3) is 6.07. The average Bonchev–Trinajstić information content (AvgIpc) is 3.25. The first-order valence-corrected chi connectivity index (χ1v) is 12.3. The first-order chi connectivity index (χ1) is 17.3. The van der Waals surface area contributed by atoms with E-state index in [2.05, 4.69) is 31.9 Å². The van der Waals surface area contributed by atoms with Gasteiger partial charge in [-0.25, -0.2) is 18.4 Å². The van der Waals surface area contributed by atoms with Crippen LogP contribution < -0.4 is 15.4 Å². The molecule has 0 aliphatic carbocycles. The maximum absolute atomic E-state index is 14.8. The highest BCUT2D eigenvalue weighted by Gasteiger charge is 2.24. The molecule has 192 valence electrons. The topological polar surface area (TPSA) is 107 Å². The maximum atomic E-state index is 14.8. The number of likely N-dealkylation sites (N-methyl/N-ethyl adjacent to an activating group) is 1. The number of aromatic nitrogens is 1. The van der Waals surface area contributed by atoms with Crippen LogP contribution in [0.4, 0.5) is 18.6 Å². The number of piperazine rings is 1. The number of carboxylic acid groups (broad SMARTS) is 1. The molecule has 1 aromatic heterocycles. The van der Waals surface area contributed by atoms with E-state index in [1.807, 2.05) is 0 Å². The van der Waals surface area contributed by atoms with Gasteiger partial charge >= 0.3 is 12.0 Å². The Hall–Kier alpha value is -3.35. The van der Waals surface area contributed by atoms with Gasteiger partial charge in [-0.05, 0) is 43.0 Å². The van der Waals surface area contributed by atoms with Gasteiger partial charge < -0.3 is 25.0 Å². The van der Waals surface area contributed by atoms with E-state index in [1.165, 1.54) is 12.1 Å². The number of ether oxygens (including phenoxy) is 1. The molecule has 4 rings (SSSR count). The first kappa shape index (κ1) is 25.7. The molecule has 12 heteroatoms. The third-order valence-corrected chi connectivity index (χ3v) is 6.77. The van der Waals surface area contributed by atoms with Crippen LogP contribution >= 0.6 is 11.5 Å². The lowest BCUT2D eigenvalue weighted by molar-refractivity contribution is 0.0693. The summed E-state index contributed by atoms with van der Waals surface area (Å²) < 4.78 is 38.6. The summed E-state index contributed by atoms with van der Waals surface area (Å²) in [5.74, 6) is -3.31. The van der Waals surface area contributed by atoms with E-state index in [0.29, 0.717) is 23.5 Å². The molecule has 0 saturated carbocycles. The van der Waals surface area contributed by atoms with Crippen molar-refractivity contribution in [1.82, 2.24) is 19.5 Å². The van der Waals surface area contributed by atoms with Gasteiger partial charge in [0, 0.05) is 38.1 Å². The number of carboxylic acids is 1. The minimum Gasteiger partial charge on any atom is -0.477 e. The summed E-state index contributed by atoms with van der Waals surface area (Å²) >= 11 is 0.713. The molecule has 0 unspecified atom stereocenters. The van der Waals surface area contributed by atoms with Gasteiger partial charge in [0.15, 0.2) is 5.56 Å². The number of halogens is 2. The summed E-state index contributed by atoms with van der Waals surface area (Å²) in [4.78, 5) is 28.7. The number of carbonyl (C=O) groups is 2. The van der Waals surface area contributed by atoms with Crippen molar-refractivity contribution in [2.75, 3.05) is 51.6 Å². The van der Waals surface area contributed by atoms with Gasteiger partial charge in [-0.1, -0.05) is 24.3 Å². The second-order valence-corrected chi connectivity index (χ2v) is 9.31. The second-order valence-electron chi connectivity index (χ2n) is 8.54. The summed E-state index contributed by atoms with van der Waals surface area (Å²) in [6, 6.07) is 7.03. The minimum absolute atomic E-state index is 0.0338. The molecular formula is C24H27F2N5O4S. The molecule has 0 spiro atoms. The van der Waals surface area contributed by atoms with Gasteiger partial charge in [0.25, 0.3) is 0 Å². The highest BCUT2D eigenvalue weighted by Crippen LogP contribution is 2.32. The summed E-state index contributed by atoms with van der Waals surface area (Å²) in [6.45, 7) is 4.72. The fourth-order valence-electron chi connectivity index (χ4n) is 3.96. The number of nitrogens with zero attached hydrogens (tertiary/aromatic N) is 3. The average molecular weight is 520 g/mol. The SMILES string of the molecule is CN1CCN(CCCNC(=O)Nc2snc(OCc3c(F)cc4ccccc4c3F)c2C(=O)O)CC1. The predicted molar refractivity (Wildman–Crippen MR) is 133 cm³/mol. The number of nitrogens with one attached hydrogen (secondary N) is 2. The minimum atomic E-state index is -1.39. The number of anilines is 1. The Kier molecular flexibility index (Phi) is 8.28. The fraction of sp³-hybridized carbons (Fsp3) is 0.375. The van der Waals surface area contributed by atoms with Crippen LogP contribution in [0.25, 0.3) is 10.8 Å². The molecule has 3 aromatic rings. The molecule has 0 bridgehead atoms. The standard InChI is InChI=1S/C24H27F2N5O4S/c1-30-9-11-31(12-10-30)8-4-7-27-24(34)28-22-19(23(32)33)21(29-36-22)35-14-17-18(25)13-15-5-2-3-6-16(15)20(17)26/h2-3,5-6,13H,4,7-12,14H2,1H3,(H,32,33)(H2,27,28,34). The van der Waals surface area contributed by atoms with Gasteiger partial charge in [0.05, 0.1) is 5.56 Å². The molecule has 2 aromatic carbocycles. The molecule has 0 atom stereocenters. The molecule has 1 saturated heterocycles. The van der Waals surface area contributed by atoms with Crippen molar-refractivity contribution < 1.29 is 28.2 Å². The molecule has 1 fully saturated rings. The normalized spacial score (nSPS) is 14.6. The van der Waals surface area contributed by atoms with E-state index in [9.17, 15) is 23.5 Å². The molecule has 1 aliphatic rings. The van der Waals surface area contributed by atoms with Crippen molar-refractivity contribution in [2.24, 2.45) is 0 Å². The lowest BCUT2D eigenvalue weighted by atomic mass is 10.1. The summed E-state index contributed by atoms with van der Waals surface area (Å²) in [7, 11) is 2.09. The van der Waals surface area contributed by atoms with Crippen molar-refractivity contribution >= 4 is 39.3 Å². The van der Waals surface area contributed by atoms with E-state index < -0.39 is 30.2 Å². The highest BCUT2D eigenvalue weighted by atomic mass is 32.1. The lowest BCUT2D eigenvalue weighted by Gasteiger charge is -2.32. The summed E-state index contributed by atoms with van der Waals surface area (Å²) in [5, 5.41) is 15.4. The highest BCUT2D eigenvalue weighted by molar-refractivity contribution is 7.11. The zero-order chi connectivity index (χ0) is 25.7. The number of aromatic carboxylic acids is 1. The number of rotatable bonds is 9. The summed E-state index contributed by atoms with van der Waals surface area (Å²) in [5.41, 5.74) is -0.722. The molecule has 1 aliphatic heterocycles. The predicted octanol–water partition coefficient (Wildman–Crippen LogP) is 3.61. The maximum Gasteiger partial charge on any atom is 0.344 e. The van der Waals surface area contributed by atoms with Crippen molar-refractivity contribution in [3.05, 3.63) is 53.1 Å². The molecule has 0 radical (unpaired) electrons. The fourth-order valence-corrected chi connectivity index (χ4v) is 4.68. The Morgan fingerprint density at radius 2 is 1.94 bits per heavy atom. The van der Waals surface area contributed by atoms with E-state index in [0.717, 1.165) is 39.1 Å². The third-order valence-electron chi connectivity index (χ3n) is 6.02. The molecule has 2 amide bonds. The van der Waals surface area contributed by atoms with E-state index >= 15 is 0 Å². The lowest BCUT2D eigenvalue weighted by Crippen LogP contribution is -2.45. The van der Waals surface area contributed by atoms with Crippen LogP contribution in [0.1, 0.15) is 22.3 Å². The number of carbonyl (C=O) groups excluding carboxylic acids is 1. The van der Waals surface area contributed by atoms with Crippen molar-refractivity contribution in [1.29, 1.82) is 0 Å². The van der Waals surface area contributed by atoms with Gasteiger partial charge in [-0.3, -0.25) is 5.32 Å². The number of hydrogen-bond acceptors (Lipinski definition) is 7. The number of benzene rings is 2. The summed E-state index contributed by atoms with van der Waals surface area (Å²) in [6.07, 6.45) is 0.753. The number of amides is 2. The van der Waals surface area contributed by atoms with E-state index in [4.69, 9.17) is 4.74 Å². The monoisotopic (exact) mass is 519 g/mol. The number of fused-ring (bicyclic) bond motifs is 1. The van der Waals surface area contributed by atoms with Crippen LogP contribution in [0.3, 0.4) is 0 Å². The Morgan fingerprint density at radius 1 is 1.19 bits per heavy atom. The van der Waals surface area contributed by atoms with Crippen LogP contribution in [-0.2, 0) is 6.61 Å². The van der Waals surface area contributed by atoms with Crippen LogP contribution in [0.15, 0.2) is 30.3 Å². The smallest absolute Gasteiger partial charge is 0.344 e. The van der Waals surface area contributed by atoms with Gasteiger partial charge in [0.1, 0.15) is 23.2 Å². The Balaban J connectivity index is 1.34. The zero-order valence-corrected chi connectivity index (χ0v) is 20.5. The molecular weight excluding hydrogens is 492 g/mol. The van der Waals surface area contributed by atoms with Gasteiger partial charge in [-0.15, -0.1) is 0 Å². The molecule has 3 N–H and O–H groups in total. The first-order valence-electron chi connectivity index (χ1n) is 11.5.